The predicted octanol–water partition coefficient (Wildman–Crippen LogP) is 0.334. The standard InChI is InChI=1S/C9H13N3O2/c10-7-11-9(13)12-14-6-8-4-2-1-3-5-8/h1-5H,6-7,10H2,(H2,11,12,13). The van der Waals surface area contributed by atoms with E-state index in [9.17, 15) is 4.79 Å². The lowest BCUT2D eigenvalue weighted by molar-refractivity contribution is 0.0492. The zero-order chi connectivity index (χ0) is 10.2. The lowest BCUT2D eigenvalue weighted by atomic mass is 10.2. The first-order valence-electron chi connectivity index (χ1n) is 4.22. The molecule has 0 heterocycles. The monoisotopic (exact) mass is 195 g/mol. The Bertz CT molecular complexity index is 277. The fourth-order valence-electron chi connectivity index (χ4n) is 0.888. The number of carbonyl (C=O) groups is 1. The Morgan fingerprint density at radius 2 is 2.07 bits per heavy atom. The van der Waals surface area contributed by atoms with Gasteiger partial charge in [0.05, 0.1) is 13.3 Å². The molecule has 0 atom stereocenters. The summed E-state index contributed by atoms with van der Waals surface area (Å²) in [6.45, 7) is 0.416. The highest BCUT2D eigenvalue weighted by Gasteiger charge is 1.96. The predicted molar refractivity (Wildman–Crippen MR) is 52.0 cm³/mol. The lowest BCUT2D eigenvalue weighted by Gasteiger charge is -2.05. The summed E-state index contributed by atoms with van der Waals surface area (Å²) in [4.78, 5) is 15.7. The van der Waals surface area contributed by atoms with E-state index in [2.05, 4.69) is 10.8 Å². The van der Waals surface area contributed by atoms with Crippen LogP contribution in [-0.4, -0.2) is 12.7 Å². The average molecular weight is 195 g/mol. The number of carbonyl (C=O) groups excluding carboxylic acids is 1. The molecule has 5 heteroatoms. The maximum Gasteiger partial charge on any atom is 0.339 e. The topological polar surface area (TPSA) is 76.4 Å². The molecule has 0 aromatic heterocycles. The molecule has 0 radical (unpaired) electrons. The number of benzene rings is 1. The van der Waals surface area contributed by atoms with E-state index in [0.717, 1.165) is 5.56 Å². The van der Waals surface area contributed by atoms with E-state index < -0.39 is 6.03 Å². The molecule has 1 aromatic carbocycles. The molecule has 0 aliphatic rings. The molecule has 2 amide bonds. The molecule has 5 nitrogen and oxygen atoms in total. The summed E-state index contributed by atoms with van der Waals surface area (Å²) in [5, 5.41) is 2.33. The third kappa shape index (κ3) is 3.88. The quantitative estimate of drug-likeness (QED) is 0.478. The third-order valence-electron chi connectivity index (χ3n) is 1.51. The van der Waals surface area contributed by atoms with Gasteiger partial charge in [-0.05, 0) is 5.56 Å². The van der Waals surface area contributed by atoms with E-state index in [1.165, 1.54) is 0 Å². The zero-order valence-corrected chi connectivity index (χ0v) is 7.69. The number of hydrogen-bond donors (Lipinski definition) is 3. The molecule has 0 aliphatic carbocycles. The van der Waals surface area contributed by atoms with Crippen molar-refractivity contribution in [3.05, 3.63) is 35.9 Å². The summed E-state index contributed by atoms with van der Waals surface area (Å²) in [6.07, 6.45) is 0. The number of hydrogen-bond acceptors (Lipinski definition) is 3. The van der Waals surface area contributed by atoms with Gasteiger partial charge in [0, 0.05) is 0 Å². The van der Waals surface area contributed by atoms with Crippen LogP contribution in [0.25, 0.3) is 0 Å². The minimum absolute atomic E-state index is 0.0839. The largest absolute Gasteiger partial charge is 0.339 e. The summed E-state index contributed by atoms with van der Waals surface area (Å²) in [6, 6.07) is 9.09. The van der Waals surface area contributed by atoms with Crippen LogP contribution in [0.4, 0.5) is 4.79 Å². The van der Waals surface area contributed by atoms with Crippen LogP contribution in [0, 0.1) is 0 Å². The molecule has 0 spiro atoms. The molecule has 0 bridgehead atoms. The van der Waals surface area contributed by atoms with Gasteiger partial charge in [-0.2, -0.15) is 0 Å². The summed E-state index contributed by atoms with van der Waals surface area (Å²) < 4.78 is 0. The molecular weight excluding hydrogens is 182 g/mol. The van der Waals surface area contributed by atoms with Gasteiger partial charge in [0.2, 0.25) is 0 Å². The summed E-state index contributed by atoms with van der Waals surface area (Å²) in [5.41, 5.74) is 8.27. The van der Waals surface area contributed by atoms with Gasteiger partial charge in [-0.15, -0.1) is 0 Å². The van der Waals surface area contributed by atoms with Crippen LogP contribution in [0.2, 0.25) is 0 Å². The maximum atomic E-state index is 10.8. The van der Waals surface area contributed by atoms with Gasteiger partial charge in [-0.25, -0.2) is 10.3 Å². The van der Waals surface area contributed by atoms with Crippen molar-refractivity contribution in [1.82, 2.24) is 10.8 Å². The highest BCUT2D eigenvalue weighted by molar-refractivity contribution is 5.72. The molecule has 0 unspecified atom stereocenters. The molecule has 76 valence electrons. The maximum absolute atomic E-state index is 10.8. The van der Waals surface area contributed by atoms with Crippen molar-refractivity contribution in [2.24, 2.45) is 5.73 Å². The number of urea groups is 1. The van der Waals surface area contributed by atoms with Crippen molar-refractivity contribution >= 4 is 6.03 Å². The number of hydroxylamine groups is 1. The summed E-state index contributed by atoms with van der Waals surface area (Å²) in [5.74, 6) is 0. The Hall–Kier alpha value is -1.59. The molecule has 0 saturated carbocycles. The van der Waals surface area contributed by atoms with Crippen molar-refractivity contribution < 1.29 is 9.63 Å². The zero-order valence-electron chi connectivity index (χ0n) is 7.69. The van der Waals surface area contributed by atoms with Crippen LogP contribution in [0.3, 0.4) is 0 Å². The van der Waals surface area contributed by atoms with E-state index in [4.69, 9.17) is 10.6 Å². The second-order valence-corrected chi connectivity index (χ2v) is 2.59. The van der Waals surface area contributed by atoms with Gasteiger partial charge < -0.3 is 11.1 Å². The smallest absolute Gasteiger partial charge is 0.324 e. The van der Waals surface area contributed by atoms with Gasteiger partial charge in [-0.3, -0.25) is 4.84 Å². The van der Waals surface area contributed by atoms with Crippen molar-refractivity contribution in [3.8, 4) is 0 Å². The first-order chi connectivity index (χ1) is 6.83. The Kier molecular flexibility index (Phi) is 4.46. The Balaban J connectivity index is 2.19. The van der Waals surface area contributed by atoms with Gasteiger partial charge in [0.25, 0.3) is 0 Å². The van der Waals surface area contributed by atoms with Gasteiger partial charge in [0.1, 0.15) is 0 Å². The molecule has 0 aliphatic heterocycles. The molecule has 0 saturated heterocycles. The molecule has 0 fully saturated rings. The second-order valence-electron chi connectivity index (χ2n) is 2.59. The van der Waals surface area contributed by atoms with Crippen molar-refractivity contribution in [2.75, 3.05) is 6.67 Å². The van der Waals surface area contributed by atoms with E-state index in [1.54, 1.807) is 0 Å². The van der Waals surface area contributed by atoms with Crippen molar-refractivity contribution in [1.29, 1.82) is 0 Å². The number of nitrogens with one attached hydrogen (secondary N) is 2. The van der Waals surface area contributed by atoms with E-state index >= 15 is 0 Å². The van der Waals surface area contributed by atoms with E-state index in [1.807, 2.05) is 30.3 Å². The lowest BCUT2D eigenvalue weighted by Crippen LogP contribution is -2.38. The minimum Gasteiger partial charge on any atom is -0.324 e. The SMILES string of the molecule is NCNC(=O)NOCc1ccccc1. The molecule has 4 N–H and O–H groups in total. The normalized spacial score (nSPS) is 9.50. The average Bonchev–Trinajstić information content (AvgIpc) is 2.20. The summed E-state index contributed by atoms with van der Waals surface area (Å²) in [7, 11) is 0. The number of rotatable bonds is 4. The van der Waals surface area contributed by atoms with Crippen LogP contribution in [0.15, 0.2) is 30.3 Å². The van der Waals surface area contributed by atoms with Crippen molar-refractivity contribution in [2.45, 2.75) is 6.61 Å². The molecule has 14 heavy (non-hydrogen) atoms. The molecule has 1 rings (SSSR count). The molecular formula is C9H13N3O2. The van der Waals surface area contributed by atoms with Crippen LogP contribution in [-0.2, 0) is 11.4 Å². The first-order valence-corrected chi connectivity index (χ1v) is 4.22. The van der Waals surface area contributed by atoms with Gasteiger partial charge >= 0.3 is 6.03 Å². The molecule has 1 aromatic rings. The first kappa shape index (κ1) is 10.5. The fraction of sp³-hybridized carbons (Fsp3) is 0.222. The number of amides is 2. The Morgan fingerprint density at radius 1 is 1.36 bits per heavy atom. The van der Waals surface area contributed by atoms with E-state index in [0.29, 0.717) is 6.61 Å². The highest BCUT2D eigenvalue weighted by Crippen LogP contribution is 1.98. The van der Waals surface area contributed by atoms with E-state index in [-0.39, 0.29) is 6.67 Å². The van der Waals surface area contributed by atoms with Crippen LogP contribution >= 0.6 is 0 Å². The van der Waals surface area contributed by atoms with Crippen LogP contribution < -0.4 is 16.5 Å². The Labute approximate surface area is 82.2 Å². The second kappa shape index (κ2) is 5.95. The van der Waals surface area contributed by atoms with Gasteiger partial charge in [0.15, 0.2) is 0 Å². The highest BCUT2D eigenvalue weighted by atomic mass is 16.7. The summed E-state index contributed by atoms with van der Waals surface area (Å²) >= 11 is 0. The van der Waals surface area contributed by atoms with Crippen LogP contribution in [0.5, 0.6) is 0 Å². The third-order valence-corrected chi connectivity index (χ3v) is 1.51. The minimum atomic E-state index is -0.441. The number of nitrogens with two attached hydrogens (primary N) is 1. The van der Waals surface area contributed by atoms with Crippen molar-refractivity contribution in [3.63, 3.8) is 0 Å². The van der Waals surface area contributed by atoms with Gasteiger partial charge in [-0.1, -0.05) is 30.3 Å². The van der Waals surface area contributed by atoms with Crippen LogP contribution in [0.1, 0.15) is 5.56 Å². The fourth-order valence-corrected chi connectivity index (χ4v) is 0.888. The Morgan fingerprint density at radius 3 is 2.71 bits per heavy atom.